The van der Waals surface area contributed by atoms with Crippen LogP contribution >= 0.6 is 0 Å². The normalized spacial score (nSPS) is 17.2. The molecule has 6 heteroatoms. The number of likely N-dealkylation sites (N-methyl/N-ethyl adjacent to an activating group) is 1. The first-order valence-electron chi connectivity index (χ1n) is 9.23. The molecule has 2 heterocycles. The number of pyridine rings is 1. The molecule has 6 nitrogen and oxygen atoms in total. The van der Waals surface area contributed by atoms with Crippen LogP contribution < -0.4 is 4.74 Å². The average Bonchev–Trinajstić information content (AvgIpc) is 2.67. The molecular formula is C20H28N4O2. The zero-order valence-corrected chi connectivity index (χ0v) is 16.1. The number of amides is 1. The lowest BCUT2D eigenvalue weighted by Gasteiger charge is -2.36. The molecule has 1 fully saturated rings. The van der Waals surface area contributed by atoms with Crippen molar-refractivity contribution in [1.29, 1.82) is 0 Å². The van der Waals surface area contributed by atoms with E-state index in [1.54, 1.807) is 18.1 Å². The Hall–Kier alpha value is -2.18. The van der Waals surface area contributed by atoms with Gasteiger partial charge < -0.3 is 14.5 Å². The van der Waals surface area contributed by atoms with Crippen molar-refractivity contribution in [3.05, 3.63) is 36.0 Å². The third kappa shape index (κ3) is 3.97. The summed E-state index contributed by atoms with van der Waals surface area (Å²) in [4.78, 5) is 23.1. The minimum absolute atomic E-state index is 0.259. The van der Waals surface area contributed by atoms with Crippen LogP contribution in [0.5, 0.6) is 5.75 Å². The highest BCUT2D eigenvalue weighted by Gasteiger charge is 2.22. The molecule has 0 spiro atoms. The van der Waals surface area contributed by atoms with Crippen molar-refractivity contribution in [1.82, 2.24) is 19.7 Å². The first-order valence-corrected chi connectivity index (χ1v) is 9.23. The number of fused-ring (bicyclic) bond motifs is 1. The zero-order chi connectivity index (χ0) is 18.7. The van der Waals surface area contributed by atoms with E-state index in [9.17, 15) is 4.79 Å². The number of ether oxygens (including phenoxy) is 1. The monoisotopic (exact) mass is 356 g/mol. The molecule has 26 heavy (non-hydrogen) atoms. The molecule has 1 aromatic heterocycles. The summed E-state index contributed by atoms with van der Waals surface area (Å²) in [6.07, 6.45) is 1.37. The number of hydrogen-bond donors (Lipinski definition) is 0. The zero-order valence-electron chi connectivity index (χ0n) is 16.1. The molecule has 0 aliphatic carbocycles. The second-order valence-electron chi connectivity index (χ2n) is 6.99. The van der Waals surface area contributed by atoms with Crippen molar-refractivity contribution < 1.29 is 9.53 Å². The standard InChI is InChI=1S/C20H28N4O2/c1-5-23(4)20(25)26-18-14-17(13-16-7-6-8-21-19(16)18)15(2)24-11-9-22(3)10-12-24/h6-8,13-15H,5,9-12H2,1-4H3. The molecule has 0 radical (unpaired) electrons. The van der Waals surface area contributed by atoms with Crippen LogP contribution in [0.15, 0.2) is 30.5 Å². The van der Waals surface area contributed by atoms with Crippen LogP contribution in [-0.4, -0.2) is 72.6 Å². The van der Waals surface area contributed by atoms with Gasteiger partial charge in [0, 0.05) is 57.4 Å². The van der Waals surface area contributed by atoms with Crippen molar-refractivity contribution in [3.63, 3.8) is 0 Å². The molecule has 0 N–H and O–H groups in total. The Morgan fingerprint density at radius 1 is 1.31 bits per heavy atom. The molecule has 1 saturated heterocycles. The van der Waals surface area contributed by atoms with E-state index < -0.39 is 0 Å². The van der Waals surface area contributed by atoms with Crippen molar-refractivity contribution in [2.24, 2.45) is 0 Å². The molecule has 1 aromatic carbocycles. The lowest BCUT2D eigenvalue weighted by Crippen LogP contribution is -2.45. The van der Waals surface area contributed by atoms with Crippen LogP contribution in [0.25, 0.3) is 10.9 Å². The number of nitrogens with zero attached hydrogens (tertiary/aromatic N) is 4. The van der Waals surface area contributed by atoms with Gasteiger partial charge in [-0.05, 0) is 44.7 Å². The first-order chi connectivity index (χ1) is 12.5. The fourth-order valence-electron chi connectivity index (χ4n) is 3.22. The van der Waals surface area contributed by atoms with Crippen molar-refractivity contribution in [2.45, 2.75) is 19.9 Å². The number of benzene rings is 1. The fourth-order valence-corrected chi connectivity index (χ4v) is 3.22. The summed E-state index contributed by atoms with van der Waals surface area (Å²) in [5.41, 5.74) is 1.87. The van der Waals surface area contributed by atoms with Gasteiger partial charge in [-0.25, -0.2) is 4.79 Å². The molecule has 1 aliphatic heterocycles. The van der Waals surface area contributed by atoms with Gasteiger partial charge in [0.05, 0.1) is 0 Å². The summed E-state index contributed by atoms with van der Waals surface area (Å²) < 4.78 is 5.67. The maximum absolute atomic E-state index is 12.3. The highest BCUT2D eigenvalue weighted by molar-refractivity contribution is 5.87. The van der Waals surface area contributed by atoms with Crippen LogP contribution in [-0.2, 0) is 0 Å². The summed E-state index contributed by atoms with van der Waals surface area (Å²) >= 11 is 0. The second kappa shape index (κ2) is 8.01. The Morgan fingerprint density at radius 3 is 2.73 bits per heavy atom. The van der Waals surface area contributed by atoms with Crippen LogP contribution in [0.4, 0.5) is 4.79 Å². The molecule has 1 unspecified atom stereocenters. The molecular weight excluding hydrogens is 328 g/mol. The molecule has 140 valence electrons. The van der Waals surface area contributed by atoms with Gasteiger partial charge in [0.2, 0.25) is 0 Å². The summed E-state index contributed by atoms with van der Waals surface area (Å²) in [7, 11) is 3.89. The van der Waals surface area contributed by atoms with Gasteiger partial charge in [-0.3, -0.25) is 9.88 Å². The van der Waals surface area contributed by atoms with Crippen LogP contribution in [0, 0.1) is 0 Å². The van der Waals surface area contributed by atoms with Gasteiger partial charge in [0.15, 0.2) is 5.75 Å². The van der Waals surface area contributed by atoms with E-state index in [1.165, 1.54) is 0 Å². The maximum Gasteiger partial charge on any atom is 0.415 e. The smallest absolute Gasteiger partial charge is 0.408 e. The minimum atomic E-state index is -0.358. The number of rotatable bonds is 4. The Bertz CT molecular complexity index is 771. The molecule has 3 rings (SSSR count). The van der Waals surface area contributed by atoms with Gasteiger partial charge in [-0.2, -0.15) is 0 Å². The molecule has 2 aromatic rings. The number of carbonyl (C=O) groups is 1. The Kier molecular flexibility index (Phi) is 5.74. The molecule has 1 amide bonds. The lowest BCUT2D eigenvalue weighted by atomic mass is 10.0. The van der Waals surface area contributed by atoms with Crippen molar-refractivity contribution >= 4 is 17.0 Å². The largest absolute Gasteiger partial charge is 0.415 e. The summed E-state index contributed by atoms with van der Waals surface area (Å²) in [6.45, 7) is 8.95. The van der Waals surface area contributed by atoms with E-state index in [0.29, 0.717) is 12.3 Å². The van der Waals surface area contributed by atoms with E-state index in [4.69, 9.17) is 4.74 Å². The van der Waals surface area contributed by atoms with E-state index in [2.05, 4.69) is 34.8 Å². The van der Waals surface area contributed by atoms with Gasteiger partial charge in [0.1, 0.15) is 5.52 Å². The van der Waals surface area contributed by atoms with E-state index in [0.717, 1.165) is 42.6 Å². The van der Waals surface area contributed by atoms with Crippen LogP contribution in [0.2, 0.25) is 0 Å². The SMILES string of the molecule is CCN(C)C(=O)Oc1cc(C(C)N2CCN(C)CC2)cc2cccnc12. The fraction of sp³-hybridized carbons (Fsp3) is 0.500. The van der Waals surface area contributed by atoms with Crippen molar-refractivity contribution in [3.8, 4) is 5.75 Å². The van der Waals surface area contributed by atoms with Gasteiger partial charge in [-0.15, -0.1) is 0 Å². The molecule has 0 saturated carbocycles. The van der Waals surface area contributed by atoms with Gasteiger partial charge in [-0.1, -0.05) is 6.07 Å². The Balaban J connectivity index is 1.92. The average molecular weight is 356 g/mol. The summed E-state index contributed by atoms with van der Waals surface area (Å²) in [5, 5.41) is 0.993. The van der Waals surface area contributed by atoms with Crippen LogP contribution in [0.3, 0.4) is 0 Å². The van der Waals surface area contributed by atoms with Crippen molar-refractivity contribution in [2.75, 3.05) is 46.8 Å². The van der Waals surface area contributed by atoms with E-state index in [1.807, 2.05) is 25.1 Å². The van der Waals surface area contributed by atoms with Crippen LogP contribution in [0.1, 0.15) is 25.5 Å². The summed E-state index contributed by atoms with van der Waals surface area (Å²) in [6, 6.07) is 8.32. The molecule has 0 bridgehead atoms. The maximum atomic E-state index is 12.3. The van der Waals surface area contributed by atoms with Gasteiger partial charge >= 0.3 is 6.09 Å². The summed E-state index contributed by atoms with van der Waals surface area (Å²) in [5.74, 6) is 0.532. The number of hydrogen-bond acceptors (Lipinski definition) is 5. The second-order valence-corrected chi connectivity index (χ2v) is 6.99. The van der Waals surface area contributed by atoms with Gasteiger partial charge in [0.25, 0.3) is 0 Å². The number of carbonyl (C=O) groups excluding carboxylic acids is 1. The third-order valence-electron chi connectivity index (χ3n) is 5.24. The topological polar surface area (TPSA) is 48.9 Å². The minimum Gasteiger partial charge on any atom is -0.408 e. The first kappa shape index (κ1) is 18.6. The molecule has 1 atom stereocenters. The Labute approximate surface area is 155 Å². The number of aromatic nitrogens is 1. The lowest BCUT2D eigenvalue weighted by molar-refractivity contribution is 0.119. The highest BCUT2D eigenvalue weighted by Crippen LogP contribution is 2.31. The number of piperazine rings is 1. The predicted octanol–water partition coefficient (Wildman–Crippen LogP) is 2.99. The quantitative estimate of drug-likeness (QED) is 0.843. The highest BCUT2D eigenvalue weighted by atomic mass is 16.6. The Morgan fingerprint density at radius 2 is 2.04 bits per heavy atom. The predicted molar refractivity (Wildman–Crippen MR) is 104 cm³/mol. The third-order valence-corrected chi connectivity index (χ3v) is 5.24. The van der Waals surface area contributed by atoms with E-state index >= 15 is 0 Å². The van der Waals surface area contributed by atoms with E-state index in [-0.39, 0.29) is 12.1 Å². The molecule has 1 aliphatic rings.